The van der Waals surface area contributed by atoms with Crippen LogP contribution < -0.4 is 0 Å². The summed E-state index contributed by atoms with van der Waals surface area (Å²) in [6, 6.07) is 18.9. The van der Waals surface area contributed by atoms with Gasteiger partial charge in [0.05, 0.1) is 11.5 Å². The third-order valence-corrected chi connectivity index (χ3v) is 5.81. The Labute approximate surface area is 169 Å². The number of nitriles is 1. The van der Waals surface area contributed by atoms with Gasteiger partial charge in [-0.05, 0) is 67.9 Å². The second-order valence-electron chi connectivity index (χ2n) is 7.90. The Bertz CT molecular complexity index is 710. The predicted molar refractivity (Wildman–Crippen MR) is 114 cm³/mol. The molecule has 0 spiro atoms. The number of unbranched alkanes of at least 4 members (excludes halogenated alkanes) is 3. The van der Waals surface area contributed by atoms with E-state index in [1.165, 1.54) is 31.2 Å². The molecule has 0 aromatic heterocycles. The quantitative estimate of drug-likeness (QED) is 0.535. The molecule has 0 atom stereocenters. The smallest absolute Gasteiger partial charge is 0.115 e. The number of aromatic hydroxyl groups is 2. The molecule has 0 unspecified atom stereocenters. The SMILES string of the molecule is CCCCCCC1(C#N)CCC(c2ccc(O)cc2)CC1.Oc1ccccc1. The number of para-hydroxylation sites is 1. The molecule has 0 aliphatic heterocycles. The molecule has 0 heterocycles. The van der Waals surface area contributed by atoms with Crippen LogP contribution in [0.3, 0.4) is 0 Å². The van der Waals surface area contributed by atoms with E-state index in [0.717, 1.165) is 32.1 Å². The van der Waals surface area contributed by atoms with Crippen molar-refractivity contribution < 1.29 is 10.2 Å². The van der Waals surface area contributed by atoms with E-state index in [9.17, 15) is 10.4 Å². The largest absolute Gasteiger partial charge is 0.508 e. The lowest BCUT2D eigenvalue weighted by molar-refractivity contribution is 0.223. The van der Waals surface area contributed by atoms with Gasteiger partial charge in [0.25, 0.3) is 0 Å². The Kier molecular flexibility index (Phi) is 8.88. The van der Waals surface area contributed by atoms with Crippen LogP contribution in [0.1, 0.15) is 76.2 Å². The molecular formula is C25H33NO2. The summed E-state index contributed by atoms with van der Waals surface area (Å²) in [5.74, 6) is 1.21. The summed E-state index contributed by atoms with van der Waals surface area (Å²) in [4.78, 5) is 0. The van der Waals surface area contributed by atoms with Crippen LogP contribution in [0.15, 0.2) is 54.6 Å². The zero-order chi connectivity index (χ0) is 20.2. The highest BCUT2D eigenvalue weighted by Gasteiger charge is 2.35. The van der Waals surface area contributed by atoms with Gasteiger partial charge in [-0.1, -0.05) is 62.9 Å². The van der Waals surface area contributed by atoms with Crippen molar-refractivity contribution in [1.29, 1.82) is 5.26 Å². The first-order chi connectivity index (χ1) is 13.6. The van der Waals surface area contributed by atoms with Crippen molar-refractivity contribution in [2.24, 2.45) is 5.41 Å². The highest BCUT2D eigenvalue weighted by atomic mass is 16.3. The monoisotopic (exact) mass is 379 g/mol. The molecule has 2 N–H and O–H groups in total. The Morgan fingerprint density at radius 3 is 2.00 bits per heavy atom. The first-order valence-corrected chi connectivity index (χ1v) is 10.5. The molecule has 3 nitrogen and oxygen atoms in total. The van der Waals surface area contributed by atoms with Crippen LogP contribution in [0.25, 0.3) is 0 Å². The Balaban J connectivity index is 0.000000336. The molecule has 150 valence electrons. The molecule has 3 heteroatoms. The summed E-state index contributed by atoms with van der Waals surface area (Å²) in [5, 5.41) is 27.6. The lowest BCUT2D eigenvalue weighted by atomic mass is 9.67. The molecule has 2 aromatic rings. The second-order valence-corrected chi connectivity index (χ2v) is 7.90. The van der Waals surface area contributed by atoms with Crippen LogP contribution in [0, 0.1) is 16.7 Å². The van der Waals surface area contributed by atoms with Gasteiger partial charge in [-0.15, -0.1) is 0 Å². The van der Waals surface area contributed by atoms with Gasteiger partial charge in [0, 0.05) is 0 Å². The molecule has 28 heavy (non-hydrogen) atoms. The summed E-state index contributed by atoms with van der Waals surface area (Å²) in [6.07, 6.45) is 10.3. The third-order valence-electron chi connectivity index (χ3n) is 5.81. The summed E-state index contributed by atoms with van der Waals surface area (Å²) < 4.78 is 0. The molecule has 1 aliphatic carbocycles. The average molecular weight is 380 g/mol. The van der Waals surface area contributed by atoms with E-state index < -0.39 is 0 Å². The van der Waals surface area contributed by atoms with E-state index in [-0.39, 0.29) is 5.41 Å². The van der Waals surface area contributed by atoms with Crippen LogP contribution in [-0.2, 0) is 0 Å². The van der Waals surface area contributed by atoms with E-state index in [0.29, 0.717) is 17.4 Å². The van der Waals surface area contributed by atoms with Crippen molar-refractivity contribution in [1.82, 2.24) is 0 Å². The lowest BCUT2D eigenvalue weighted by Gasteiger charge is -2.35. The minimum Gasteiger partial charge on any atom is -0.508 e. The van der Waals surface area contributed by atoms with Gasteiger partial charge in [0.1, 0.15) is 11.5 Å². The van der Waals surface area contributed by atoms with Crippen LogP contribution in [0.2, 0.25) is 0 Å². The molecule has 2 aromatic carbocycles. The maximum absolute atomic E-state index is 9.61. The second kappa shape index (κ2) is 11.4. The van der Waals surface area contributed by atoms with Crippen molar-refractivity contribution in [3.8, 4) is 17.6 Å². The van der Waals surface area contributed by atoms with Crippen molar-refractivity contribution >= 4 is 0 Å². The van der Waals surface area contributed by atoms with Crippen molar-refractivity contribution in [2.45, 2.75) is 70.6 Å². The van der Waals surface area contributed by atoms with Gasteiger partial charge < -0.3 is 10.2 Å². The Morgan fingerprint density at radius 1 is 0.893 bits per heavy atom. The first kappa shape index (κ1) is 21.8. The zero-order valence-electron chi connectivity index (χ0n) is 17.0. The van der Waals surface area contributed by atoms with Crippen LogP contribution in [0.5, 0.6) is 11.5 Å². The number of phenolic OH excluding ortho intramolecular Hbond substituents is 2. The van der Waals surface area contributed by atoms with E-state index >= 15 is 0 Å². The molecule has 0 radical (unpaired) electrons. The highest BCUT2D eigenvalue weighted by molar-refractivity contribution is 5.29. The summed E-state index contributed by atoms with van der Waals surface area (Å²) >= 11 is 0. The van der Waals surface area contributed by atoms with Crippen molar-refractivity contribution in [2.75, 3.05) is 0 Å². The maximum atomic E-state index is 9.61. The third kappa shape index (κ3) is 6.93. The number of phenols is 2. The fourth-order valence-electron chi connectivity index (χ4n) is 3.99. The minimum atomic E-state index is -0.0683. The number of hydrogen-bond donors (Lipinski definition) is 2. The zero-order valence-corrected chi connectivity index (χ0v) is 17.0. The van der Waals surface area contributed by atoms with Gasteiger partial charge in [-0.3, -0.25) is 0 Å². The van der Waals surface area contributed by atoms with E-state index in [1.807, 2.05) is 18.2 Å². The van der Waals surface area contributed by atoms with Crippen LogP contribution in [-0.4, -0.2) is 10.2 Å². The minimum absolute atomic E-state index is 0.0683. The highest BCUT2D eigenvalue weighted by Crippen LogP contribution is 2.45. The summed E-state index contributed by atoms with van der Waals surface area (Å²) in [7, 11) is 0. The molecule has 3 rings (SSSR count). The van der Waals surface area contributed by atoms with Gasteiger partial charge in [0.15, 0.2) is 0 Å². The molecule has 0 saturated heterocycles. The average Bonchev–Trinajstić information content (AvgIpc) is 2.73. The van der Waals surface area contributed by atoms with E-state index in [4.69, 9.17) is 5.11 Å². The predicted octanol–water partition coefficient (Wildman–Crippen LogP) is 6.92. The summed E-state index contributed by atoms with van der Waals surface area (Å²) in [5.41, 5.74) is 1.24. The summed E-state index contributed by atoms with van der Waals surface area (Å²) in [6.45, 7) is 2.23. The number of nitrogens with zero attached hydrogens (tertiary/aromatic N) is 1. The fraction of sp³-hybridized carbons (Fsp3) is 0.480. The standard InChI is InChI=1S/C19H27NO.C6H6O/c1-2-3-4-5-12-19(15-20)13-10-17(11-14-19)16-6-8-18(21)9-7-16;7-6-4-2-1-3-5-6/h6-9,17,21H,2-5,10-14H2,1H3;1-5,7H. The Morgan fingerprint density at radius 2 is 1.50 bits per heavy atom. The van der Waals surface area contributed by atoms with E-state index in [2.05, 4.69) is 13.0 Å². The number of benzene rings is 2. The first-order valence-electron chi connectivity index (χ1n) is 10.5. The Hall–Kier alpha value is -2.47. The lowest BCUT2D eigenvalue weighted by Crippen LogP contribution is -2.25. The van der Waals surface area contributed by atoms with Crippen molar-refractivity contribution in [3.05, 3.63) is 60.2 Å². The molecule has 1 aliphatic rings. The maximum Gasteiger partial charge on any atom is 0.115 e. The molecule has 1 fully saturated rings. The van der Waals surface area contributed by atoms with Gasteiger partial charge in [0.2, 0.25) is 0 Å². The molecular weight excluding hydrogens is 346 g/mol. The molecule has 0 bridgehead atoms. The number of rotatable bonds is 6. The molecule has 0 amide bonds. The molecule has 1 saturated carbocycles. The van der Waals surface area contributed by atoms with E-state index in [1.54, 1.807) is 36.4 Å². The van der Waals surface area contributed by atoms with Crippen LogP contribution in [0.4, 0.5) is 0 Å². The fourth-order valence-corrected chi connectivity index (χ4v) is 3.99. The van der Waals surface area contributed by atoms with Gasteiger partial charge in [-0.25, -0.2) is 0 Å². The topological polar surface area (TPSA) is 64.2 Å². The number of hydrogen-bond acceptors (Lipinski definition) is 3. The van der Waals surface area contributed by atoms with Crippen molar-refractivity contribution in [3.63, 3.8) is 0 Å². The van der Waals surface area contributed by atoms with Crippen LogP contribution >= 0.6 is 0 Å². The van der Waals surface area contributed by atoms with Gasteiger partial charge >= 0.3 is 0 Å². The van der Waals surface area contributed by atoms with Gasteiger partial charge in [-0.2, -0.15) is 5.26 Å². The normalized spacial score (nSPS) is 21.2.